The van der Waals surface area contributed by atoms with Crippen LogP contribution in [0.3, 0.4) is 0 Å². The topological polar surface area (TPSA) is 84.2 Å². The molecule has 1 aliphatic heterocycles. The van der Waals surface area contributed by atoms with E-state index in [1.807, 2.05) is 13.8 Å². The average molecular weight is 277 g/mol. The summed E-state index contributed by atoms with van der Waals surface area (Å²) in [5.74, 6) is 0.205. The molecule has 6 heteroatoms. The zero-order valence-corrected chi connectivity index (χ0v) is 11.7. The molecule has 1 aromatic rings. The molecule has 0 aliphatic carbocycles. The third-order valence-electron chi connectivity index (χ3n) is 3.34. The van der Waals surface area contributed by atoms with Crippen LogP contribution in [0.1, 0.15) is 37.7 Å². The highest BCUT2D eigenvalue weighted by atomic mass is 16.3. The zero-order valence-electron chi connectivity index (χ0n) is 11.7. The number of amides is 1. The first-order chi connectivity index (χ1) is 9.45. The van der Waals surface area contributed by atoms with Crippen LogP contribution in [-0.2, 0) is 17.8 Å². The molecule has 20 heavy (non-hydrogen) atoms. The fourth-order valence-electron chi connectivity index (χ4n) is 2.43. The van der Waals surface area contributed by atoms with Gasteiger partial charge < -0.3 is 10.4 Å². The van der Waals surface area contributed by atoms with Gasteiger partial charge in [-0.05, 0) is 12.3 Å². The molecule has 0 fully saturated rings. The highest BCUT2D eigenvalue weighted by molar-refractivity contribution is 5.81. The highest BCUT2D eigenvalue weighted by Crippen LogP contribution is 2.23. The molecule has 6 nitrogen and oxygen atoms in total. The molecular weight excluding hydrogens is 258 g/mol. The third-order valence-corrected chi connectivity index (χ3v) is 3.34. The Morgan fingerprint density at radius 3 is 2.85 bits per heavy atom. The quantitative estimate of drug-likeness (QED) is 0.801. The Balaban J connectivity index is 2.60. The molecule has 2 rings (SSSR count). The Labute approximate surface area is 117 Å². The summed E-state index contributed by atoms with van der Waals surface area (Å²) >= 11 is 0. The van der Waals surface area contributed by atoms with Crippen LogP contribution in [0.2, 0.25) is 0 Å². The minimum atomic E-state index is -0.567. The molecule has 108 valence electrons. The summed E-state index contributed by atoms with van der Waals surface area (Å²) in [5.41, 5.74) is -0.167. The standard InChI is InChI=1S/C14H19N3O3/c1-4-5-9-12(18)16-11-7-15-13(19)10(6-8(2)3)17(11)14(9)20/h4,8,10,18H,1,5-7H2,2-3H3,(H,15,19)/t10-/m1/s1. The molecule has 1 amide bonds. The number of fused-ring (bicyclic) bond motifs is 1. The van der Waals surface area contributed by atoms with Crippen molar-refractivity contribution in [2.75, 3.05) is 0 Å². The van der Waals surface area contributed by atoms with Crippen LogP contribution in [0.5, 0.6) is 5.88 Å². The maximum Gasteiger partial charge on any atom is 0.261 e. The number of aromatic nitrogens is 2. The van der Waals surface area contributed by atoms with E-state index in [0.717, 1.165) is 0 Å². The van der Waals surface area contributed by atoms with Gasteiger partial charge in [0, 0.05) is 6.42 Å². The molecule has 0 radical (unpaired) electrons. The van der Waals surface area contributed by atoms with E-state index in [1.165, 1.54) is 10.6 Å². The molecule has 0 unspecified atom stereocenters. The van der Waals surface area contributed by atoms with E-state index >= 15 is 0 Å². The van der Waals surface area contributed by atoms with Gasteiger partial charge in [-0.15, -0.1) is 6.58 Å². The van der Waals surface area contributed by atoms with Crippen molar-refractivity contribution in [1.29, 1.82) is 0 Å². The molecule has 2 heterocycles. The Kier molecular flexibility index (Phi) is 3.92. The van der Waals surface area contributed by atoms with Crippen molar-refractivity contribution in [1.82, 2.24) is 14.9 Å². The summed E-state index contributed by atoms with van der Waals surface area (Å²) in [4.78, 5) is 28.6. The molecule has 0 bridgehead atoms. The zero-order chi connectivity index (χ0) is 14.9. The summed E-state index contributed by atoms with van der Waals surface area (Å²) in [6.45, 7) is 7.71. The van der Waals surface area contributed by atoms with Gasteiger partial charge in [0.25, 0.3) is 5.56 Å². The lowest BCUT2D eigenvalue weighted by Gasteiger charge is -2.28. The maximum atomic E-state index is 12.5. The van der Waals surface area contributed by atoms with Gasteiger partial charge in [0.1, 0.15) is 11.9 Å². The van der Waals surface area contributed by atoms with E-state index in [9.17, 15) is 14.7 Å². The smallest absolute Gasteiger partial charge is 0.261 e. The van der Waals surface area contributed by atoms with Gasteiger partial charge in [-0.2, -0.15) is 4.98 Å². The number of hydrogen-bond donors (Lipinski definition) is 2. The largest absolute Gasteiger partial charge is 0.493 e. The first-order valence-corrected chi connectivity index (χ1v) is 6.67. The number of aromatic hydroxyl groups is 1. The summed E-state index contributed by atoms with van der Waals surface area (Å²) in [6, 6.07) is -0.567. The fourth-order valence-corrected chi connectivity index (χ4v) is 2.43. The summed E-state index contributed by atoms with van der Waals surface area (Å²) < 4.78 is 1.41. The van der Waals surface area contributed by atoms with Crippen molar-refractivity contribution in [3.8, 4) is 5.88 Å². The molecule has 2 N–H and O–H groups in total. The lowest BCUT2D eigenvalue weighted by atomic mass is 10.0. The molecule has 1 aromatic heterocycles. The Morgan fingerprint density at radius 1 is 1.55 bits per heavy atom. The molecule has 1 atom stereocenters. The van der Waals surface area contributed by atoms with Gasteiger partial charge >= 0.3 is 0 Å². The van der Waals surface area contributed by atoms with Crippen LogP contribution < -0.4 is 10.9 Å². The normalized spacial score (nSPS) is 17.8. The van der Waals surface area contributed by atoms with Crippen LogP contribution in [0.15, 0.2) is 17.4 Å². The van der Waals surface area contributed by atoms with Gasteiger partial charge in [0.2, 0.25) is 11.8 Å². The minimum absolute atomic E-state index is 0.157. The number of carbonyl (C=O) groups excluding carboxylic acids is 1. The van der Waals surface area contributed by atoms with E-state index in [-0.39, 0.29) is 41.8 Å². The van der Waals surface area contributed by atoms with Gasteiger partial charge in [-0.1, -0.05) is 19.9 Å². The predicted molar refractivity (Wildman–Crippen MR) is 74.4 cm³/mol. The Hall–Kier alpha value is -2.11. The number of rotatable bonds is 4. The number of carbonyl (C=O) groups is 1. The first kappa shape index (κ1) is 14.3. The van der Waals surface area contributed by atoms with E-state index < -0.39 is 6.04 Å². The molecule has 0 spiro atoms. The van der Waals surface area contributed by atoms with Crippen LogP contribution in [0.25, 0.3) is 0 Å². The third kappa shape index (κ3) is 2.45. The molecule has 0 aromatic carbocycles. The van der Waals surface area contributed by atoms with Crippen LogP contribution in [0.4, 0.5) is 0 Å². The van der Waals surface area contributed by atoms with E-state index in [0.29, 0.717) is 12.2 Å². The molecular formula is C14H19N3O3. The highest BCUT2D eigenvalue weighted by Gasteiger charge is 2.31. The van der Waals surface area contributed by atoms with Gasteiger partial charge in [0.05, 0.1) is 12.1 Å². The number of nitrogens with zero attached hydrogens (tertiary/aromatic N) is 2. The van der Waals surface area contributed by atoms with Crippen LogP contribution in [-0.4, -0.2) is 20.6 Å². The van der Waals surface area contributed by atoms with E-state index in [1.54, 1.807) is 0 Å². The molecule has 1 aliphatic rings. The fraction of sp³-hybridized carbons (Fsp3) is 0.500. The summed E-state index contributed by atoms with van der Waals surface area (Å²) in [7, 11) is 0. The maximum absolute atomic E-state index is 12.5. The Morgan fingerprint density at radius 2 is 2.25 bits per heavy atom. The second-order valence-corrected chi connectivity index (χ2v) is 5.36. The number of nitrogens with one attached hydrogen (secondary N) is 1. The van der Waals surface area contributed by atoms with Gasteiger partial charge in [-0.25, -0.2) is 0 Å². The van der Waals surface area contributed by atoms with Crippen molar-refractivity contribution >= 4 is 5.91 Å². The first-order valence-electron chi connectivity index (χ1n) is 6.67. The second kappa shape index (κ2) is 5.48. The molecule has 0 saturated carbocycles. The van der Waals surface area contributed by atoms with E-state index in [4.69, 9.17) is 0 Å². The average Bonchev–Trinajstić information content (AvgIpc) is 2.37. The second-order valence-electron chi connectivity index (χ2n) is 5.36. The van der Waals surface area contributed by atoms with Gasteiger partial charge in [-0.3, -0.25) is 14.2 Å². The van der Waals surface area contributed by atoms with Crippen LogP contribution in [0, 0.1) is 5.92 Å². The molecule has 0 saturated heterocycles. The summed E-state index contributed by atoms with van der Waals surface area (Å²) in [5, 5.41) is 12.5. The lowest BCUT2D eigenvalue weighted by Crippen LogP contribution is -2.46. The van der Waals surface area contributed by atoms with Crippen molar-refractivity contribution in [2.45, 2.75) is 39.3 Å². The van der Waals surface area contributed by atoms with Crippen molar-refractivity contribution in [2.24, 2.45) is 5.92 Å². The summed E-state index contributed by atoms with van der Waals surface area (Å²) in [6.07, 6.45) is 2.32. The van der Waals surface area contributed by atoms with Gasteiger partial charge in [0.15, 0.2) is 0 Å². The van der Waals surface area contributed by atoms with Crippen molar-refractivity contribution < 1.29 is 9.90 Å². The Bertz CT molecular complexity index is 604. The number of hydrogen-bond acceptors (Lipinski definition) is 4. The SMILES string of the molecule is C=CCc1c(O)nc2n(c1=O)[C@H](CC(C)C)C(=O)NC2. The van der Waals surface area contributed by atoms with Crippen molar-refractivity contribution in [3.05, 3.63) is 34.4 Å². The predicted octanol–water partition coefficient (Wildman–Crippen LogP) is 0.894. The lowest BCUT2D eigenvalue weighted by molar-refractivity contribution is -0.126. The van der Waals surface area contributed by atoms with Crippen LogP contribution >= 0.6 is 0 Å². The van der Waals surface area contributed by atoms with E-state index in [2.05, 4.69) is 16.9 Å². The minimum Gasteiger partial charge on any atom is -0.493 e. The monoisotopic (exact) mass is 277 g/mol. The number of allylic oxidation sites excluding steroid dienone is 1. The van der Waals surface area contributed by atoms with Crippen molar-refractivity contribution in [3.63, 3.8) is 0 Å².